The fourth-order valence-electron chi connectivity index (χ4n) is 2.02. The number of β-amino-alcohol motifs (C(OH)–C–C–N with tert-alkyl or cyclic N) is 1. The van der Waals surface area contributed by atoms with Gasteiger partial charge in [0.05, 0.1) is 25.9 Å². The first-order valence-corrected chi connectivity index (χ1v) is 7.24. The molecule has 2 rings (SSSR count). The van der Waals surface area contributed by atoms with Gasteiger partial charge in [-0.2, -0.15) is 0 Å². The van der Waals surface area contributed by atoms with Crippen LogP contribution in [0.2, 0.25) is 0 Å². The SMILES string of the molecule is COC(=O)c1cc(Br)cc(NC2=CC(=O)N(CCO)C2=O)c1O. The van der Waals surface area contributed by atoms with E-state index in [1.807, 2.05) is 0 Å². The number of carbonyl (C=O) groups is 3. The van der Waals surface area contributed by atoms with Crippen LogP contribution in [-0.4, -0.2) is 53.2 Å². The van der Waals surface area contributed by atoms with Crippen LogP contribution in [0.15, 0.2) is 28.4 Å². The molecule has 8 nitrogen and oxygen atoms in total. The van der Waals surface area contributed by atoms with Crippen molar-refractivity contribution >= 4 is 39.4 Å². The topological polar surface area (TPSA) is 116 Å². The van der Waals surface area contributed by atoms with Crippen LogP contribution in [0.3, 0.4) is 0 Å². The van der Waals surface area contributed by atoms with Crippen molar-refractivity contribution in [2.45, 2.75) is 0 Å². The van der Waals surface area contributed by atoms with E-state index < -0.39 is 23.5 Å². The van der Waals surface area contributed by atoms with Gasteiger partial charge in [0, 0.05) is 10.5 Å². The molecule has 9 heteroatoms. The third-order valence-electron chi connectivity index (χ3n) is 3.08. The Morgan fingerprint density at radius 1 is 1.39 bits per heavy atom. The molecule has 0 saturated carbocycles. The summed E-state index contributed by atoms with van der Waals surface area (Å²) in [7, 11) is 1.17. The molecule has 122 valence electrons. The van der Waals surface area contributed by atoms with E-state index in [0.717, 1.165) is 11.0 Å². The number of nitrogens with one attached hydrogen (secondary N) is 1. The van der Waals surface area contributed by atoms with Crippen LogP contribution in [0.5, 0.6) is 5.75 Å². The number of aliphatic hydroxyl groups is 1. The molecular weight excluding hydrogens is 372 g/mol. The number of amides is 2. The van der Waals surface area contributed by atoms with E-state index in [2.05, 4.69) is 26.0 Å². The third kappa shape index (κ3) is 3.35. The highest BCUT2D eigenvalue weighted by Gasteiger charge is 2.31. The molecule has 1 aromatic rings. The van der Waals surface area contributed by atoms with Gasteiger partial charge in [-0.15, -0.1) is 0 Å². The Morgan fingerprint density at radius 2 is 2.09 bits per heavy atom. The van der Waals surface area contributed by atoms with Gasteiger partial charge in [0.15, 0.2) is 5.75 Å². The van der Waals surface area contributed by atoms with Crippen molar-refractivity contribution < 1.29 is 29.3 Å². The Bertz CT molecular complexity index is 715. The van der Waals surface area contributed by atoms with Gasteiger partial charge in [-0.25, -0.2) is 4.79 Å². The van der Waals surface area contributed by atoms with Crippen LogP contribution in [0.1, 0.15) is 10.4 Å². The molecule has 0 fully saturated rings. The van der Waals surface area contributed by atoms with E-state index in [1.165, 1.54) is 19.2 Å². The van der Waals surface area contributed by atoms with E-state index in [1.54, 1.807) is 0 Å². The number of imide groups is 1. The molecule has 0 radical (unpaired) electrons. The van der Waals surface area contributed by atoms with Gasteiger partial charge in [-0.05, 0) is 12.1 Å². The molecule has 1 heterocycles. The summed E-state index contributed by atoms with van der Waals surface area (Å²) in [6, 6.07) is 2.80. The highest BCUT2D eigenvalue weighted by Crippen LogP contribution is 2.33. The number of benzene rings is 1. The number of halogens is 1. The monoisotopic (exact) mass is 384 g/mol. The van der Waals surface area contributed by atoms with E-state index in [4.69, 9.17) is 5.11 Å². The Morgan fingerprint density at radius 3 is 2.70 bits per heavy atom. The van der Waals surface area contributed by atoms with Crippen molar-refractivity contribution in [1.29, 1.82) is 0 Å². The van der Waals surface area contributed by atoms with Crippen LogP contribution in [-0.2, 0) is 14.3 Å². The predicted octanol–water partition coefficient (Wildman–Crippen LogP) is 0.598. The van der Waals surface area contributed by atoms with Crippen LogP contribution < -0.4 is 5.32 Å². The number of hydrogen-bond donors (Lipinski definition) is 3. The smallest absolute Gasteiger partial charge is 0.341 e. The lowest BCUT2D eigenvalue weighted by Crippen LogP contribution is -2.34. The zero-order valence-electron chi connectivity index (χ0n) is 12.0. The second-order valence-corrected chi connectivity index (χ2v) is 5.46. The molecule has 0 saturated heterocycles. The number of nitrogens with zero attached hydrogens (tertiary/aromatic N) is 1. The number of carbonyl (C=O) groups excluding carboxylic acids is 3. The maximum atomic E-state index is 12.1. The molecule has 0 aliphatic carbocycles. The Balaban J connectivity index is 2.33. The summed E-state index contributed by atoms with van der Waals surface area (Å²) in [6.07, 6.45) is 1.05. The van der Waals surface area contributed by atoms with Crippen molar-refractivity contribution in [3.8, 4) is 5.75 Å². The lowest BCUT2D eigenvalue weighted by molar-refractivity contribution is -0.137. The quantitative estimate of drug-likeness (QED) is 0.386. The number of hydrogen-bond acceptors (Lipinski definition) is 7. The number of anilines is 1. The number of aromatic hydroxyl groups is 1. The number of ether oxygens (including phenoxy) is 1. The highest BCUT2D eigenvalue weighted by atomic mass is 79.9. The molecule has 1 aliphatic rings. The zero-order valence-corrected chi connectivity index (χ0v) is 13.6. The number of aliphatic hydroxyl groups excluding tert-OH is 1. The fourth-order valence-corrected chi connectivity index (χ4v) is 2.47. The normalized spacial score (nSPS) is 14.0. The predicted molar refractivity (Wildman–Crippen MR) is 82.7 cm³/mol. The molecule has 1 aliphatic heterocycles. The zero-order chi connectivity index (χ0) is 17.1. The van der Waals surface area contributed by atoms with Crippen molar-refractivity contribution in [2.24, 2.45) is 0 Å². The molecule has 2 amide bonds. The summed E-state index contributed by atoms with van der Waals surface area (Å²) < 4.78 is 5.03. The maximum Gasteiger partial charge on any atom is 0.341 e. The lowest BCUT2D eigenvalue weighted by atomic mass is 10.1. The average molecular weight is 385 g/mol. The molecule has 0 unspecified atom stereocenters. The van der Waals surface area contributed by atoms with Crippen LogP contribution in [0, 0.1) is 0 Å². The first-order valence-electron chi connectivity index (χ1n) is 6.45. The lowest BCUT2D eigenvalue weighted by Gasteiger charge is -2.15. The summed E-state index contributed by atoms with van der Waals surface area (Å²) >= 11 is 3.18. The van der Waals surface area contributed by atoms with E-state index in [9.17, 15) is 19.5 Å². The Kier molecular flexibility index (Phi) is 5.02. The van der Waals surface area contributed by atoms with Gasteiger partial charge < -0.3 is 20.3 Å². The summed E-state index contributed by atoms with van der Waals surface area (Å²) in [5.74, 6) is -2.38. The summed E-state index contributed by atoms with van der Waals surface area (Å²) in [5, 5.41) is 21.6. The number of rotatable bonds is 5. The fraction of sp³-hybridized carbons (Fsp3) is 0.214. The molecule has 1 aromatic carbocycles. The first-order chi connectivity index (χ1) is 10.9. The van der Waals surface area contributed by atoms with Crippen molar-refractivity contribution in [3.05, 3.63) is 33.9 Å². The minimum atomic E-state index is -0.753. The van der Waals surface area contributed by atoms with Crippen molar-refractivity contribution in [2.75, 3.05) is 25.6 Å². The van der Waals surface area contributed by atoms with Crippen molar-refractivity contribution in [3.63, 3.8) is 0 Å². The second-order valence-electron chi connectivity index (χ2n) is 4.54. The largest absolute Gasteiger partial charge is 0.505 e. The van der Waals surface area contributed by atoms with Crippen LogP contribution in [0.25, 0.3) is 0 Å². The standard InChI is InChI=1S/C14H13BrN2O6/c1-23-14(22)8-4-7(15)5-9(12(8)20)16-10-6-11(19)17(2-3-18)13(10)21/h4-6,16,18,20H,2-3H2,1H3. The summed E-state index contributed by atoms with van der Waals surface area (Å²) in [6.45, 7) is -0.482. The molecule has 0 atom stereocenters. The Hall–Kier alpha value is -2.39. The minimum Gasteiger partial charge on any atom is -0.505 e. The molecule has 0 spiro atoms. The molecule has 23 heavy (non-hydrogen) atoms. The molecule has 0 aromatic heterocycles. The summed E-state index contributed by atoms with van der Waals surface area (Å²) in [4.78, 5) is 36.2. The van der Waals surface area contributed by atoms with Crippen LogP contribution in [0.4, 0.5) is 5.69 Å². The first kappa shape index (κ1) is 17.0. The van der Waals surface area contributed by atoms with Crippen LogP contribution >= 0.6 is 15.9 Å². The van der Waals surface area contributed by atoms with Gasteiger partial charge >= 0.3 is 5.97 Å². The van der Waals surface area contributed by atoms with Gasteiger partial charge in [-0.3, -0.25) is 14.5 Å². The van der Waals surface area contributed by atoms with E-state index in [0.29, 0.717) is 4.47 Å². The van der Waals surface area contributed by atoms with Gasteiger partial charge in [-0.1, -0.05) is 15.9 Å². The number of esters is 1. The average Bonchev–Trinajstić information content (AvgIpc) is 2.77. The van der Waals surface area contributed by atoms with Gasteiger partial charge in [0.2, 0.25) is 0 Å². The third-order valence-corrected chi connectivity index (χ3v) is 3.54. The second kappa shape index (κ2) is 6.80. The molecule has 3 N–H and O–H groups in total. The number of phenolic OH excluding ortho intramolecular Hbond substituents is 1. The Labute approximate surface area is 139 Å². The van der Waals surface area contributed by atoms with Gasteiger partial charge in [0.1, 0.15) is 11.3 Å². The minimum absolute atomic E-state index is 0.0537. The van der Waals surface area contributed by atoms with E-state index >= 15 is 0 Å². The van der Waals surface area contributed by atoms with Crippen molar-refractivity contribution in [1.82, 2.24) is 4.90 Å². The molecule has 0 bridgehead atoms. The maximum absolute atomic E-state index is 12.1. The highest BCUT2D eigenvalue weighted by molar-refractivity contribution is 9.10. The number of methoxy groups -OCH3 is 1. The van der Waals surface area contributed by atoms with Gasteiger partial charge in [0.25, 0.3) is 11.8 Å². The summed E-state index contributed by atoms with van der Waals surface area (Å²) in [5.41, 5.74) is -0.125. The number of phenols is 1. The molecular formula is C14H13BrN2O6. The van der Waals surface area contributed by atoms with E-state index in [-0.39, 0.29) is 30.1 Å².